The Kier molecular flexibility index (Phi) is 4.31. The molecule has 1 saturated carbocycles. The van der Waals surface area contributed by atoms with E-state index in [1.807, 2.05) is 24.3 Å². The molecule has 1 atom stereocenters. The SMILES string of the molecule is COC1=CC(C2(c3ccccc3)CCCC(=O)C2)=C(OC)[C+]=C1. The molecule has 23 heavy (non-hydrogen) atoms. The molecular weight excluding hydrogens is 288 g/mol. The third kappa shape index (κ3) is 2.80. The molecule has 3 heteroatoms. The monoisotopic (exact) mass is 309 g/mol. The van der Waals surface area contributed by atoms with E-state index in [0.717, 1.165) is 29.7 Å². The van der Waals surface area contributed by atoms with E-state index >= 15 is 0 Å². The number of rotatable bonds is 4. The number of hydrogen-bond acceptors (Lipinski definition) is 3. The first-order valence-electron chi connectivity index (χ1n) is 7.91. The van der Waals surface area contributed by atoms with Gasteiger partial charge in [0.2, 0.25) is 5.76 Å². The van der Waals surface area contributed by atoms with Crippen molar-refractivity contribution in [2.24, 2.45) is 0 Å². The average molecular weight is 309 g/mol. The molecule has 0 saturated heterocycles. The maximum absolute atomic E-state index is 12.3. The number of allylic oxidation sites excluding steroid dienone is 4. The van der Waals surface area contributed by atoms with Crippen molar-refractivity contribution in [2.45, 2.75) is 31.1 Å². The van der Waals surface area contributed by atoms with E-state index < -0.39 is 0 Å². The van der Waals surface area contributed by atoms with E-state index in [4.69, 9.17) is 9.47 Å². The molecule has 1 aromatic rings. The molecule has 3 rings (SSSR count). The van der Waals surface area contributed by atoms with Crippen LogP contribution in [-0.4, -0.2) is 20.0 Å². The molecule has 0 aromatic heterocycles. The van der Waals surface area contributed by atoms with Gasteiger partial charge in [-0.25, -0.2) is 0 Å². The van der Waals surface area contributed by atoms with Crippen molar-refractivity contribution in [2.75, 3.05) is 14.2 Å². The fourth-order valence-electron chi connectivity index (χ4n) is 3.60. The summed E-state index contributed by atoms with van der Waals surface area (Å²) in [6.07, 6.45) is 9.86. The fourth-order valence-corrected chi connectivity index (χ4v) is 3.60. The number of benzene rings is 1. The summed E-state index contributed by atoms with van der Waals surface area (Å²) in [6.45, 7) is 0. The van der Waals surface area contributed by atoms with Gasteiger partial charge in [0.25, 0.3) is 5.76 Å². The van der Waals surface area contributed by atoms with Gasteiger partial charge in [0, 0.05) is 12.8 Å². The smallest absolute Gasteiger partial charge is 0.293 e. The molecule has 0 radical (unpaired) electrons. The summed E-state index contributed by atoms with van der Waals surface area (Å²) in [6, 6.07) is 10.2. The van der Waals surface area contributed by atoms with Crippen molar-refractivity contribution in [1.82, 2.24) is 0 Å². The van der Waals surface area contributed by atoms with E-state index in [1.165, 1.54) is 0 Å². The predicted molar refractivity (Wildman–Crippen MR) is 88.5 cm³/mol. The first-order valence-corrected chi connectivity index (χ1v) is 7.91. The largest absolute Gasteiger partial charge is 0.468 e. The quantitative estimate of drug-likeness (QED) is 0.792. The van der Waals surface area contributed by atoms with Crippen molar-refractivity contribution in [3.8, 4) is 0 Å². The van der Waals surface area contributed by atoms with Crippen molar-refractivity contribution < 1.29 is 14.3 Å². The maximum Gasteiger partial charge on any atom is 0.293 e. The van der Waals surface area contributed by atoms with Gasteiger partial charge in [-0.3, -0.25) is 4.79 Å². The highest BCUT2D eigenvalue weighted by molar-refractivity contribution is 5.82. The Bertz CT molecular complexity index is 682. The minimum atomic E-state index is -0.368. The summed E-state index contributed by atoms with van der Waals surface area (Å²) < 4.78 is 10.9. The van der Waals surface area contributed by atoms with Gasteiger partial charge < -0.3 is 9.47 Å². The molecule has 0 aliphatic heterocycles. The van der Waals surface area contributed by atoms with Crippen LogP contribution in [0.15, 0.2) is 59.6 Å². The lowest BCUT2D eigenvalue weighted by Gasteiger charge is -2.35. The van der Waals surface area contributed by atoms with Gasteiger partial charge in [0.05, 0.1) is 25.7 Å². The second-order valence-electron chi connectivity index (χ2n) is 6.00. The molecule has 1 fully saturated rings. The van der Waals surface area contributed by atoms with Crippen LogP contribution in [0.5, 0.6) is 0 Å². The third-order valence-electron chi connectivity index (χ3n) is 4.72. The van der Waals surface area contributed by atoms with Crippen molar-refractivity contribution in [3.05, 3.63) is 71.2 Å². The maximum atomic E-state index is 12.3. The van der Waals surface area contributed by atoms with Crippen molar-refractivity contribution in [3.63, 3.8) is 0 Å². The van der Waals surface area contributed by atoms with E-state index in [-0.39, 0.29) is 5.41 Å². The van der Waals surface area contributed by atoms with Crippen molar-refractivity contribution in [1.29, 1.82) is 0 Å². The number of carbonyl (C=O) groups is 1. The van der Waals surface area contributed by atoms with Crippen LogP contribution in [0.2, 0.25) is 0 Å². The zero-order chi connectivity index (χ0) is 16.3. The number of hydrogen-bond donors (Lipinski definition) is 0. The lowest BCUT2D eigenvalue weighted by Crippen LogP contribution is -2.36. The number of carbonyl (C=O) groups excluding carboxylic acids is 1. The zero-order valence-corrected chi connectivity index (χ0v) is 13.6. The van der Waals surface area contributed by atoms with Gasteiger partial charge in [0.1, 0.15) is 17.4 Å². The first-order chi connectivity index (χ1) is 11.2. The molecular formula is C20H21O3+. The summed E-state index contributed by atoms with van der Waals surface area (Å²) in [7, 11) is 3.28. The topological polar surface area (TPSA) is 35.5 Å². The van der Waals surface area contributed by atoms with E-state index in [2.05, 4.69) is 18.2 Å². The molecule has 2 aliphatic carbocycles. The molecule has 0 spiro atoms. The Hall–Kier alpha value is -2.38. The summed E-state index contributed by atoms with van der Waals surface area (Å²) in [5.41, 5.74) is 1.76. The van der Waals surface area contributed by atoms with Gasteiger partial charge in [-0.2, -0.15) is 0 Å². The van der Waals surface area contributed by atoms with Crippen LogP contribution in [0.1, 0.15) is 31.2 Å². The van der Waals surface area contributed by atoms with Crippen LogP contribution in [0.3, 0.4) is 0 Å². The molecule has 3 nitrogen and oxygen atoms in total. The minimum Gasteiger partial charge on any atom is -0.468 e. The van der Waals surface area contributed by atoms with E-state index in [9.17, 15) is 4.79 Å². The van der Waals surface area contributed by atoms with Crippen molar-refractivity contribution >= 4 is 5.78 Å². The third-order valence-corrected chi connectivity index (χ3v) is 4.72. The Morgan fingerprint density at radius 1 is 1.13 bits per heavy atom. The van der Waals surface area contributed by atoms with Gasteiger partial charge in [0.15, 0.2) is 6.08 Å². The Balaban J connectivity index is 2.19. The summed E-state index contributed by atoms with van der Waals surface area (Å²) >= 11 is 0. The van der Waals surface area contributed by atoms with Gasteiger partial charge in [-0.1, -0.05) is 30.3 Å². The molecule has 0 heterocycles. The predicted octanol–water partition coefficient (Wildman–Crippen LogP) is 3.87. The summed E-state index contributed by atoms with van der Waals surface area (Å²) in [5.74, 6) is 1.71. The van der Waals surface area contributed by atoms with Gasteiger partial charge >= 0.3 is 0 Å². The van der Waals surface area contributed by atoms with Gasteiger partial charge in [-0.05, 0) is 18.4 Å². The standard InChI is InChI=1S/C20H21O3/c1-22-17-10-11-19(23-2)18(13-17)20(12-6-9-16(21)14-20)15-7-4-3-5-8-15/h3-5,7-8,10,13H,6,9,12,14H2,1-2H3/q+1. The minimum absolute atomic E-state index is 0.296. The van der Waals surface area contributed by atoms with Crippen LogP contribution in [0.25, 0.3) is 0 Å². The number of Topliss-reactive ketones (excluding diaryl/α,β-unsaturated/α-hetero) is 1. The highest BCUT2D eigenvalue weighted by Crippen LogP contribution is 2.47. The van der Waals surface area contributed by atoms with Crippen LogP contribution >= 0.6 is 0 Å². The Labute approximate surface area is 137 Å². The Morgan fingerprint density at radius 3 is 2.57 bits per heavy atom. The summed E-state index contributed by atoms with van der Waals surface area (Å²) in [4.78, 5) is 12.3. The lowest BCUT2D eigenvalue weighted by atomic mass is 9.63. The van der Waals surface area contributed by atoms with Crippen LogP contribution in [0, 0.1) is 6.08 Å². The summed E-state index contributed by atoms with van der Waals surface area (Å²) in [5, 5.41) is 0. The number of ketones is 1. The van der Waals surface area contributed by atoms with Crippen LogP contribution < -0.4 is 0 Å². The highest BCUT2D eigenvalue weighted by Gasteiger charge is 2.47. The van der Waals surface area contributed by atoms with E-state index in [0.29, 0.717) is 24.4 Å². The van der Waals surface area contributed by atoms with E-state index in [1.54, 1.807) is 20.3 Å². The van der Waals surface area contributed by atoms with Crippen LogP contribution in [-0.2, 0) is 19.7 Å². The number of methoxy groups -OCH3 is 2. The fraction of sp³-hybridized carbons (Fsp3) is 0.350. The Morgan fingerprint density at radius 2 is 1.91 bits per heavy atom. The molecule has 1 unspecified atom stereocenters. The van der Waals surface area contributed by atoms with Gasteiger partial charge in [-0.15, -0.1) is 0 Å². The lowest BCUT2D eigenvalue weighted by molar-refractivity contribution is -0.121. The second kappa shape index (κ2) is 6.39. The normalized spacial score (nSPS) is 24.1. The molecule has 118 valence electrons. The first kappa shape index (κ1) is 15.5. The number of ether oxygens (including phenoxy) is 2. The zero-order valence-electron chi connectivity index (χ0n) is 13.6. The average Bonchev–Trinajstić information content (AvgIpc) is 2.61. The molecule has 0 N–H and O–H groups in total. The molecule has 0 amide bonds. The molecule has 0 bridgehead atoms. The highest BCUT2D eigenvalue weighted by atomic mass is 16.5. The molecule has 1 aromatic carbocycles. The van der Waals surface area contributed by atoms with Crippen LogP contribution in [0.4, 0.5) is 0 Å². The second-order valence-corrected chi connectivity index (χ2v) is 6.00. The molecule has 2 aliphatic rings.